The van der Waals surface area contributed by atoms with Gasteiger partial charge in [0.1, 0.15) is 0 Å². The maximum Gasteiger partial charge on any atom is 0.166 e. The van der Waals surface area contributed by atoms with Crippen LogP contribution >= 0.6 is 23.6 Å². The highest BCUT2D eigenvalue weighted by Gasteiger charge is 2.21. The van der Waals surface area contributed by atoms with Gasteiger partial charge < -0.3 is 10.6 Å². The largest absolute Gasteiger partial charge is 0.363 e. The van der Waals surface area contributed by atoms with Crippen LogP contribution in [0.5, 0.6) is 0 Å². The van der Waals surface area contributed by atoms with Crippen LogP contribution < -0.4 is 10.6 Å². The van der Waals surface area contributed by atoms with Gasteiger partial charge in [-0.3, -0.25) is 0 Å². The van der Waals surface area contributed by atoms with E-state index in [0.717, 1.165) is 11.7 Å². The zero-order chi connectivity index (χ0) is 12.1. The van der Waals surface area contributed by atoms with Crippen LogP contribution in [0.4, 0.5) is 0 Å². The summed E-state index contributed by atoms with van der Waals surface area (Å²) in [7, 11) is 0. The Morgan fingerprint density at radius 2 is 2.47 bits per heavy atom. The minimum Gasteiger partial charge on any atom is -0.363 e. The van der Waals surface area contributed by atoms with Crippen molar-refractivity contribution < 1.29 is 0 Å². The number of nitrogens with one attached hydrogen (secondary N) is 2. The number of thiocarbonyl (C=S) groups is 1. The lowest BCUT2D eigenvalue weighted by Gasteiger charge is -2.25. The summed E-state index contributed by atoms with van der Waals surface area (Å²) >= 11 is 7.21. The van der Waals surface area contributed by atoms with E-state index in [0.29, 0.717) is 6.04 Å². The van der Waals surface area contributed by atoms with E-state index in [1.165, 1.54) is 42.5 Å². The molecule has 1 aliphatic carbocycles. The highest BCUT2D eigenvalue weighted by Crippen LogP contribution is 2.33. The summed E-state index contributed by atoms with van der Waals surface area (Å²) in [5.74, 6) is 0. The molecule has 0 radical (unpaired) electrons. The first-order valence-electron chi connectivity index (χ1n) is 6.42. The first-order chi connectivity index (χ1) is 8.31. The van der Waals surface area contributed by atoms with Crippen LogP contribution in [0.15, 0.2) is 11.4 Å². The fraction of sp³-hybridized carbons (Fsp3) is 0.615. The Morgan fingerprint density at radius 1 is 1.59 bits per heavy atom. The first kappa shape index (κ1) is 12.8. The van der Waals surface area contributed by atoms with Crippen molar-refractivity contribution >= 4 is 28.7 Å². The smallest absolute Gasteiger partial charge is 0.166 e. The van der Waals surface area contributed by atoms with Crippen LogP contribution in [-0.4, -0.2) is 11.7 Å². The SMILES string of the molecule is CCCCNC(=S)NC1CCCc2sccc21. The number of aryl methyl sites for hydroxylation is 1. The molecule has 0 fully saturated rings. The topological polar surface area (TPSA) is 24.1 Å². The number of fused-ring (bicyclic) bond motifs is 1. The molecule has 2 N–H and O–H groups in total. The van der Waals surface area contributed by atoms with Crippen LogP contribution in [0.3, 0.4) is 0 Å². The zero-order valence-corrected chi connectivity index (χ0v) is 11.9. The van der Waals surface area contributed by atoms with Gasteiger partial charge in [-0.1, -0.05) is 13.3 Å². The van der Waals surface area contributed by atoms with Crippen molar-refractivity contribution in [2.75, 3.05) is 6.54 Å². The number of rotatable bonds is 4. The third-order valence-corrected chi connectivity index (χ3v) is 4.43. The molecule has 0 aromatic carbocycles. The quantitative estimate of drug-likeness (QED) is 0.646. The van der Waals surface area contributed by atoms with Gasteiger partial charge in [0.15, 0.2) is 5.11 Å². The third-order valence-electron chi connectivity index (χ3n) is 3.17. The zero-order valence-electron chi connectivity index (χ0n) is 10.3. The summed E-state index contributed by atoms with van der Waals surface area (Å²) in [6, 6.07) is 2.66. The van der Waals surface area contributed by atoms with E-state index in [-0.39, 0.29) is 0 Å². The molecule has 1 atom stereocenters. The molecule has 1 aromatic heterocycles. The molecule has 1 unspecified atom stereocenters. The van der Waals surface area contributed by atoms with Crippen LogP contribution in [0.2, 0.25) is 0 Å². The Morgan fingerprint density at radius 3 is 3.29 bits per heavy atom. The van der Waals surface area contributed by atoms with Gasteiger partial charge in [0.05, 0.1) is 6.04 Å². The Labute approximate surface area is 113 Å². The van der Waals surface area contributed by atoms with E-state index in [1.807, 2.05) is 11.3 Å². The van der Waals surface area contributed by atoms with Crippen molar-refractivity contribution in [3.63, 3.8) is 0 Å². The Balaban J connectivity index is 1.86. The summed E-state index contributed by atoms with van der Waals surface area (Å²) in [5, 5.41) is 9.73. The summed E-state index contributed by atoms with van der Waals surface area (Å²) in [4.78, 5) is 1.53. The molecule has 0 spiro atoms. The molecule has 1 aliphatic rings. The highest BCUT2D eigenvalue weighted by molar-refractivity contribution is 7.80. The predicted molar refractivity (Wildman–Crippen MR) is 78.6 cm³/mol. The number of thiophene rings is 1. The molecule has 1 aromatic rings. The minimum absolute atomic E-state index is 0.423. The molecule has 94 valence electrons. The van der Waals surface area contributed by atoms with Gasteiger partial charge in [-0.25, -0.2) is 0 Å². The Hall–Kier alpha value is -0.610. The fourth-order valence-corrected chi connectivity index (χ4v) is 3.46. The number of hydrogen-bond acceptors (Lipinski definition) is 2. The number of hydrogen-bond donors (Lipinski definition) is 2. The van der Waals surface area contributed by atoms with Crippen LogP contribution in [0, 0.1) is 0 Å². The van der Waals surface area contributed by atoms with Gasteiger partial charge in [-0.15, -0.1) is 11.3 Å². The van der Waals surface area contributed by atoms with Crippen LogP contribution in [0.1, 0.15) is 49.1 Å². The predicted octanol–water partition coefficient (Wildman–Crippen LogP) is 3.39. The van der Waals surface area contributed by atoms with Crippen molar-refractivity contribution in [1.82, 2.24) is 10.6 Å². The van der Waals surface area contributed by atoms with E-state index in [2.05, 4.69) is 29.0 Å². The molecule has 2 nitrogen and oxygen atoms in total. The second-order valence-electron chi connectivity index (χ2n) is 4.50. The summed E-state index contributed by atoms with van der Waals surface area (Å²) in [6.45, 7) is 3.17. The Kier molecular flexibility index (Phi) is 4.80. The van der Waals surface area contributed by atoms with Crippen molar-refractivity contribution in [3.05, 3.63) is 21.9 Å². The average molecular weight is 268 g/mol. The molecular formula is C13H20N2S2. The van der Waals surface area contributed by atoms with Gasteiger partial charge in [0.2, 0.25) is 0 Å². The maximum absolute atomic E-state index is 5.33. The monoisotopic (exact) mass is 268 g/mol. The summed E-state index contributed by atoms with van der Waals surface area (Å²) in [6.07, 6.45) is 6.08. The van der Waals surface area contributed by atoms with Crippen molar-refractivity contribution in [1.29, 1.82) is 0 Å². The van der Waals surface area contributed by atoms with Gasteiger partial charge >= 0.3 is 0 Å². The van der Waals surface area contributed by atoms with E-state index in [4.69, 9.17) is 12.2 Å². The lowest BCUT2D eigenvalue weighted by molar-refractivity contribution is 0.528. The highest BCUT2D eigenvalue weighted by atomic mass is 32.1. The van der Waals surface area contributed by atoms with Crippen LogP contribution in [0.25, 0.3) is 0 Å². The molecule has 0 bridgehead atoms. The maximum atomic E-state index is 5.33. The molecule has 4 heteroatoms. The third kappa shape index (κ3) is 3.42. The molecule has 0 saturated heterocycles. The summed E-state index contributed by atoms with van der Waals surface area (Å²) in [5.41, 5.74) is 1.46. The lowest BCUT2D eigenvalue weighted by atomic mass is 9.94. The number of unbranched alkanes of at least 4 members (excludes halogenated alkanes) is 1. The van der Waals surface area contributed by atoms with Crippen molar-refractivity contribution in [2.45, 2.75) is 45.1 Å². The normalized spacial score (nSPS) is 18.5. The van der Waals surface area contributed by atoms with Crippen LogP contribution in [-0.2, 0) is 6.42 Å². The minimum atomic E-state index is 0.423. The van der Waals surface area contributed by atoms with Crippen molar-refractivity contribution in [3.8, 4) is 0 Å². The summed E-state index contributed by atoms with van der Waals surface area (Å²) < 4.78 is 0. The second kappa shape index (κ2) is 6.36. The molecule has 17 heavy (non-hydrogen) atoms. The van der Waals surface area contributed by atoms with E-state index >= 15 is 0 Å². The fourth-order valence-electron chi connectivity index (χ4n) is 2.22. The van der Waals surface area contributed by atoms with Gasteiger partial charge in [0, 0.05) is 11.4 Å². The first-order valence-corrected chi connectivity index (χ1v) is 7.70. The van der Waals surface area contributed by atoms with Gasteiger partial charge in [-0.05, 0) is 54.9 Å². The second-order valence-corrected chi connectivity index (χ2v) is 5.91. The molecular weight excluding hydrogens is 248 g/mol. The average Bonchev–Trinajstić information content (AvgIpc) is 2.78. The lowest BCUT2D eigenvalue weighted by Crippen LogP contribution is -2.39. The standard InChI is InChI=1S/C13H20N2S2/c1-2-3-8-14-13(16)15-11-5-4-6-12-10(11)7-9-17-12/h7,9,11H,2-6,8H2,1H3,(H2,14,15,16). The van der Waals surface area contributed by atoms with E-state index < -0.39 is 0 Å². The molecule has 0 aliphatic heterocycles. The van der Waals surface area contributed by atoms with Gasteiger partial charge in [0.25, 0.3) is 0 Å². The molecule has 1 heterocycles. The molecule has 0 amide bonds. The molecule has 2 rings (SSSR count). The van der Waals surface area contributed by atoms with Crippen molar-refractivity contribution in [2.24, 2.45) is 0 Å². The van der Waals surface area contributed by atoms with E-state index in [9.17, 15) is 0 Å². The Bertz CT molecular complexity index is 373. The van der Waals surface area contributed by atoms with E-state index in [1.54, 1.807) is 0 Å². The molecule has 0 saturated carbocycles. The van der Waals surface area contributed by atoms with Gasteiger partial charge in [-0.2, -0.15) is 0 Å².